The lowest BCUT2D eigenvalue weighted by atomic mass is 10.1. The monoisotopic (exact) mass is 320 g/mol. The van der Waals surface area contributed by atoms with Crippen molar-refractivity contribution >= 4 is 28.3 Å². The molecule has 0 spiro atoms. The second kappa shape index (κ2) is 5.61. The molecule has 4 rings (SSSR count). The van der Waals surface area contributed by atoms with Gasteiger partial charge >= 0.3 is 0 Å². The van der Waals surface area contributed by atoms with E-state index in [4.69, 9.17) is 0 Å². The molecular formula is C15H20N4O2S. The molecule has 1 unspecified atom stereocenters. The number of carbonyl (C=O) groups excluding carboxylic acids is 2. The molecule has 0 bridgehead atoms. The number of hydrogen-bond acceptors (Lipinski definition) is 5. The minimum absolute atomic E-state index is 0.0904. The van der Waals surface area contributed by atoms with Crippen molar-refractivity contribution in [3.63, 3.8) is 0 Å². The van der Waals surface area contributed by atoms with E-state index < -0.39 is 0 Å². The SMILES string of the molecule is O=C(Nc1nnc(C2CC2)s1)C1CC(=O)N(C2CCCC2)C1. The molecule has 0 radical (unpaired) electrons. The van der Waals surface area contributed by atoms with Crippen molar-refractivity contribution in [1.82, 2.24) is 15.1 Å². The molecule has 1 aliphatic heterocycles. The first-order valence-corrected chi connectivity index (χ1v) is 8.96. The van der Waals surface area contributed by atoms with Crippen LogP contribution in [0.4, 0.5) is 5.13 Å². The average molecular weight is 320 g/mol. The lowest BCUT2D eigenvalue weighted by Crippen LogP contribution is -2.35. The van der Waals surface area contributed by atoms with Crippen LogP contribution in [0.1, 0.15) is 55.9 Å². The van der Waals surface area contributed by atoms with Crippen LogP contribution in [0.2, 0.25) is 0 Å². The maximum absolute atomic E-state index is 12.4. The summed E-state index contributed by atoms with van der Waals surface area (Å²) in [6, 6.07) is 0.355. The van der Waals surface area contributed by atoms with Crippen molar-refractivity contribution < 1.29 is 9.59 Å². The van der Waals surface area contributed by atoms with E-state index in [9.17, 15) is 9.59 Å². The highest BCUT2D eigenvalue weighted by Gasteiger charge is 2.39. The quantitative estimate of drug-likeness (QED) is 0.922. The van der Waals surface area contributed by atoms with Gasteiger partial charge in [-0.05, 0) is 25.7 Å². The predicted octanol–water partition coefficient (Wildman–Crippen LogP) is 2.15. The molecule has 1 saturated heterocycles. The lowest BCUT2D eigenvalue weighted by molar-refractivity contribution is -0.129. The summed E-state index contributed by atoms with van der Waals surface area (Å²) >= 11 is 1.46. The summed E-state index contributed by atoms with van der Waals surface area (Å²) < 4.78 is 0. The Hall–Kier alpha value is -1.50. The second-order valence-corrected chi connectivity index (χ2v) is 7.60. The van der Waals surface area contributed by atoms with E-state index in [2.05, 4.69) is 15.5 Å². The molecule has 1 aromatic rings. The Morgan fingerprint density at radius 2 is 1.95 bits per heavy atom. The van der Waals surface area contributed by atoms with E-state index in [1.807, 2.05) is 4.90 Å². The van der Waals surface area contributed by atoms with Crippen LogP contribution in [0, 0.1) is 5.92 Å². The molecule has 3 aliphatic rings. The van der Waals surface area contributed by atoms with E-state index in [1.54, 1.807) is 0 Å². The van der Waals surface area contributed by atoms with Gasteiger partial charge in [-0.3, -0.25) is 9.59 Å². The summed E-state index contributed by atoms with van der Waals surface area (Å²) in [5.41, 5.74) is 0. The molecule has 2 heterocycles. The van der Waals surface area contributed by atoms with Gasteiger partial charge in [-0.1, -0.05) is 24.2 Å². The largest absolute Gasteiger partial charge is 0.339 e. The van der Waals surface area contributed by atoms with E-state index in [1.165, 1.54) is 37.0 Å². The number of amides is 2. The molecule has 0 aromatic carbocycles. The van der Waals surface area contributed by atoms with Gasteiger partial charge in [0.05, 0.1) is 5.92 Å². The highest BCUT2D eigenvalue weighted by atomic mass is 32.1. The third-order valence-corrected chi connectivity index (χ3v) is 5.89. The molecule has 7 heteroatoms. The molecule has 2 amide bonds. The van der Waals surface area contributed by atoms with Crippen LogP contribution in [0.15, 0.2) is 0 Å². The standard InChI is InChI=1S/C15H20N4O2S/c20-12-7-10(8-19(12)11-3-1-2-4-11)13(21)16-15-18-17-14(22-15)9-5-6-9/h9-11H,1-8H2,(H,16,18,21). The molecule has 1 aromatic heterocycles. The molecule has 118 valence electrons. The average Bonchev–Trinajstić information content (AvgIpc) is 2.93. The third kappa shape index (κ3) is 2.74. The number of hydrogen-bond donors (Lipinski definition) is 1. The predicted molar refractivity (Wildman–Crippen MR) is 82.6 cm³/mol. The van der Waals surface area contributed by atoms with Crippen molar-refractivity contribution in [2.45, 2.75) is 56.9 Å². The second-order valence-electron chi connectivity index (χ2n) is 6.59. The van der Waals surface area contributed by atoms with Crippen LogP contribution < -0.4 is 5.32 Å². The fourth-order valence-electron chi connectivity index (χ4n) is 3.46. The van der Waals surface area contributed by atoms with Gasteiger partial charge in [-0.15, -0.1) is 10.2 Å². The minimum atomic E-state index is -0.249. The Bertz CT molecular complexity index is 592. The Morgan fingerprint density at radius 3 is 2.68 bits per heavy atom. The van der Waals surface area contributed by atoms with Crippen LogP contribution in [-0.4, -0.2) is 39.5 Å². The van der Waals surface area contributed by atoms with Crippen LogP contribution in [0.3, 0.4) is 0 Å². The van der Waals surface area contributed by atoms with Crippen LogP contribution in [0.5, 0.6) is 0 Å². The first-order valence-electron chi connectivity index (χ1n) is 8.14. The molecule has 1 N–H and O–H groups in total. The van der Waals surface area contributed by atoms with E-state index in [0.717, 1.165) is 17.8 Å². The fraction of sp³-hybridized carbons (Fsp3) is 0.733. The van der Waals surface area contributed by atoms with Gasteiger partial charge in [-0.2, -0.15) is 0 Å². The first kappa shape index (κ1) is 14.1. The van der Waals surface area contributed by atoms with Gasteiger partial charge in [0.25, 0.3) is 0 Å². The highest BCUT2D eigenvalue weighted by Crippen LogP contribution is 2.42. The van der Waals surface area contributed by atoms with Gasteiger partial charge in [0.1, 0.15) is 5.01 Å². The highest BCUT2D eigenvalue weighted by molar-refractivity contribution is 7.15. The zero-order valence-corrected chi connectivity index (χ0v) is 13.3. The van der Waals surface area contributed by atoms with Crippen LogP contribution in [0.25, 0.3) is 0 Å². The van der Waals surface area contributed by atoms with E-state index in [-0.39, 0.29) is 17.7 Å². The molecule has 2 aliphatic carbocycles. The Labute approximate surface area is 133 Å². The van der Waals surface area contributed by atoms with Crippen LogP contribution >= 0.6 is 11.3 Å². The van der Waals surface area contributed by atoms with Gasteiger partial charge in [0, 0.05) is 24.9 Å². The summed E-state index contributed by atoms with van der Waals surface area (Å²) in [6.07, 6.45) is 7.24. The Balaban J connectivity index is 1.36. The van der Waals surface area contributed by atoms with Crippen molar-refractivity contribution in [2.24, 2.45) is 5.92 Å². The molecule has 6 nitrogen and oxygen atoms in total. The summed E-state index contributed by atoms with van der Waals surface area (Å²) in [5, 5.41) is 12.6. The molecule has 22 heavy (non-hydrogen) atoms. The zero-order chi connectivity index (χ0) is 15.1. The Kier molecular flexibility index (Phi) is 3.60. The van der Waals surface area contributed by atoms with Gasteiger partial charge < -0.3 is 10.2 Å². The maximum Gasteiger partial charge on any atom is 0.231 e. The van der Waals surface area contributed by atoms with Gasteiger partial charge in [-0.25, -0.2) is 0 Å². The normalized spacial score (nSPS) is 25.9. The summed E-state index contributed by atoms with van der Waals surface area (Å²) in [4.78, 5) is 26.4. The number of aromatic nitrogens is 2. The van der Waals surface area contributed by atoms with Gasteiger partial charge in [0.15, 0.2) is 0 Å². The number of anilines is 1. The van der Waals surface area contributed by atoms with Crippen molar-refractivity contribution in [3.05, 3.63) is 5.01 Å². The first-order chi connectivity index (χ1) is 10.7. The zero-order valence-electron chi connectivity index (χ0n) is 12.5. The summed E-state index contributed by atoms with van der Waals surface area (Å²) in [6.45, 7) is 0.559. The third-order valence-electron chi connectivity index (χ3n) is 4.89. The van der Waals surface area contributed by atoms with Crippen molar-refractivity contribution in [1.29, 1.82) is 0 Å². The van der Waals surface area contributed by atoms with Crippen molar-refractivity contribution in [3.8, 4) is 0 Å². The fourth-order valence-corrected chi connectivity index (χ4v) is 4.38. The molecular weight excluding hydrogens is 300 g/mol. The smallest absolute Gasteiger partial charge is 0.231 e. The van der Waals surface area contributed by atoms with Crippen molar-refractivity contribution in [2.75, 3.05) is 11.9 Å². The summed E-state index contributed by atoms with van der Waals surface area (Å²) in [7, 11) is 0. The molecule has 3 fully saturated rings. The van der Waals surface area contributed by atoms with E-state index >= 15 is 0 Å². The summed E-state index contributed by atoms with van der Waals surface area (Å²) in [5.74, 6) is 0.339. The minimum Gasteiger partial charge on any atom is -0.339 e. The van der Waals surface area contributed by atoms with E-state index in [0.29, 0.717) is 30.1 Å². The topological polar surface area (TPSA) is 75.2 Å². The lowest BCUT2D eigenvalue weighted by Gasteiger charge is -2.23. The van der Waals surface area contributed by atoms with Gasteiger partial charge in [0.2, 0.25) is 16.9 Å². The number of nitrogens with one attached hydrogen (secondary N) is 1. The molecule has 1 atom stereocenters. The number of rotatable bonds is 4. The number of likely N-dealkylation sites (tertiary alicyclic amines) is 1. The number of nitrogens with zero attached hydrogens (tertiary/aromatic N) is 3. The Morgan fingerprint density at radius 1 is 1.18 bits per heavy atom. The maximum atomic E-state index is 12.4. The number of carbonyl (C=O) groups is 2. The molecule has 2 saturated carbocycles. The van der Waals surface area contributed by atoms with Crippen LogP contribution in [-0.2, 0) is 9.59 Å².